The van der Waals surface area contributed by atoms with Crippen LogP contribution in [-0.2, 0) is 5.54 Å². The fraction of sp³-hybridized carbons (Fsp3) is 0.667. The SMILES string of the molecule is CN1CCNCC1(CO)c1ccn[nH]1. The zero-order valence-corrected chi connectivity index (χ0v) is 8.32. The number of nitrogens with zero attached hydrogens (tertiary/aromatic N) is 2. The highest BCUT2D eigenvalue weighted by Gasteiger charge is 2.39. The average Bonchev–Trinajstić information content (AvgIpc) is 2.72. The van der Waals surface area contributed by atoms with Crippen LogP contribution in [-0.4, -0.2) is 53.5 Å². The Morgan fingerprint density at radius 2 is 2.57 bits per heavy atom. The summed E-state index contributed by atoms with van der Waals surface area (Å²) in [4.78, 5) is 2.16. The highest BCUT2D eigenvalue weighted by molar-refractivity contribution is 5.16. The molecule has 1 atom stereocenters. The van der Waals surface area contributed by atoms with E-state index in [-0.39, 0.29) is 12.1 Å². The van der Waals surface area contributed by atoms with Gasteiger partial charge in [0.15, 0.2) is 0 Å². The number of aliphatic hydroxyl groups is 1. The van der Waals surface area contributed by atoms with E-state index in [1.165, 1.54) is 0 Å². The standard InChI is InChI=1S/C9H16N4O/c1-13-5-4-10-6-9(13,7-14)8-2-3-11-12-8/h2-3,10,14H,4-7H2,1H3,(H,11,12). The molecule has 1 fully saturated rings. The topological polar surface area (TPSA) is 64.2 Å². The number of hydrogen-bond donors (Lipinski definition) is 3. The Hall–Kier alpha value is -0.910. The van der Waals surface area contributed by atoms with Gasteiger partial charge in [-0.1, -0.05) is 0 Å². The molecule has 1 aromatic heterocycles. The second-order valence-corrected chi connectivity index (χ2v) is 3.76. The predicted molar refractivity (Wildman–Crippen MR) is 52.9 cm³/mol. The van der Waals surface area contributed by atoms with Gasteiger partial charge in [0.2, 0.25) is 0 Å². The number of piperazine rings is 1. The van der Waals surface area contributed by atoms with E-state index >= 15 is 0 Å². The van der Waals surface area contributed by atoms with Crippen molar-refractivity contribution in [3.05, 3.63) is 18.0 Å². The van der Waals surface area contributed by atoms with Crippen molar-refractivity contribution in [3.8, 4) is 0 Å². The van der Waals surface area contributed by atoms with Crippen LogP contribution in [0.2, 0.25) is 0 Å². The number of aliphatic hydroxyl groups excluding tert-OH is 1. The summed E-state index contributed by atoms with van der Waals surface area (Å²) in [6.45, 7) is 2.74. The Bertz CT molecular complexity index is 287. The smallest absolute Gasteiger partial charge is 0.0985 e. The van der Waals surface area contributed by atoms with Crippen LogP contribution in [0, 0.1) is 0 Å². The van der Waals surface area contributed by atoms with Gasteiger partial charge in [0.05, 0.1) is 17.8 Å². The van der Waals surface area contributed by atoms with E-state index in [0.717, 1.165) is 25.3 Å². The number of aromatic amines is 1. The van der Waals surface area contributed by atoms with Gasteiger partial charge in [0, 0.05) is 25.8 Å². The molecule has 14 heavy (non-hydrogen) atoms. The summed E-state index contributed by atoms with van der Waals surface area (Å²) in [6.07, 6.45) is 1.72. The second kappa shape index (κ2) is 3.68. The fourth-order valence-corrected chi connectivity index (χ4v) is 1.97. The molecule has 0 amide bonds. The molecule has 5 heteroatoms. The Labute approximate surface area is 83.1 Å². The molecule has 0 aliphatic carbocycles. The maximum absolute atomic E-state index is 9.55. The fourth-order valence-electron chi connectivity index (χ4n) is 1.97. The lowest BCUT2D eigenvalue weighted by molar-refractivity contribution is 0.0232. The first kappa shape index (κ1) is 9.64. The van der Waals surface area contributed by atoms with Crippen LogP contribution in [0.4, 0.5) is 0 Å². The molecule has 5 nitrogen and oxygen atoms in total. The molecule has 1 unspecified atom stereocenters. The molecule has 0 spiro atoms. The molecule has 1 aliphatic rings. The normalized spacial score (nSPS) is 29.3. The predicted octanol–water partition coefficient (Wildman–Crippen LogP) is -0.868. The van der Waals surface area contributed by atoms with Crippen molar-refractivity contribution in [2.45, 2.75) is 5.54 Å². The number of likely N-dealkylation sites (N-methyl/N-ethyl adjacent to an activating group) is 1. The summed E-state index contributed by atoms with van der Waals surface area (Å²) in [6, 6.07) is 1.92. The third-order valence-corrected chi connectivity index (χ3v) is 3.04. The molecular formula is C9H16N4O. The number of nitrogens with one attached hydrogen (secondary N) is 2. The second-order valence-electron chi connectivity index (χ2n) is 3.76. The largest absolute Gasteiger partial charge is 0.394 e. The minimum Gasteiger partial charge on any atom is -0.394 e. The average molecular weight is 196 g/mol. The molecule has 1 saturated heterocycles. The van der Waals surface area contributed by atoms with E-state index in [0.29, 0.717) is 0 Å². The quantitative estimate of drug-likeness (QED) is 0.575. The Morgan fingerprint density at radius 1 is 1.71 bits per heavy atom. The van der Waals surface area contributed by atoms with Crippen LogP contribution in [0.25, 0.3) is 0 Å². The van der Waals surface area contributed by atoms with Crippen molar-refractivity contribution < 1.29 is 5.11 Å². The van der Waals surface area contributed by atoms with Crippen LogP contribution in [0.3, 0.4) is 0 Å². The van der Waals surface area contributed by atoms with Crippen LogP contribution in [0.5, 0.6) is 0 Å². The van der Waals surface area contributed by atoms with E-state index in [1.54, 1.807) is 6.20 Å². The minimum absolute atomic E-state index is 0.0959. The van der Waals surface area contributed by atoms with Crippen molar-refractivity contribution in [1.29, 1.82) is 0 Å². The number of aromatic nitrogens is 2. The molecular weight excluding hydrogens is 180 g/mol. The lowest BCUT2D eigenvalue weighted by Gasteiger charge is -2.43. The summed E-state index contributed by atoms with van der Waals surface area (Å²) < 4.78 is 0. The Balaban J connectivity index is 2.32. The number of hydrogen-bond acceptors (Lipinski definition) is 4. The lowest BCUT2D eigenvalue weighted by Crippen LogP contribution is -2.59. The van der Waals surface area contributed by atoms with E-state index in [2.05, 4.69) is 20.4 Å². The maximum atomic E-state index is 9.55. The third kappa shape index (κ3) is 1.33. The van der Waals surface area contributed by atoms with Crippen LogP contribution in [0.15, 0.2) is 12.3 Å². The molecule has 2 heterocycles. The van der Waals surface area contributed by atoms with Crippen molar-refractivity contribution >= 4 is 0 Å². The van der Waals surface area contributed by atoms with Gasteiger partial charge in [0.1, 0.15) is 0 Å². The molecule has 1 aromatic rings. The first-order valence-electron chi connectivity index (χ1n) is 4.82. The minimum atomic E-state index is -0.339. The Kier molecular flexibility index (Phi) is 2.54. The summed E-state index contributed by atoms with van der Waals surface area (Å²) >= 11 is 0. The number of rotatable bonds is 2. The van der Waals surface area contributed by atoms with Crippen LogP contribution < -0.4 is 5.32 Å². The van der Waals surface area contributed by atoms with Gasteiger partial charge < -0.3 is 10.4 Å². The van der Waals surface area contributed by atoms with Gasteiger partial charge >= 0.3 is 0 Å². The molecule has 0 aromatic carbocycles. The van der Waals surface area contributed by atoms with Crippen molar-refractivity contribution in [3.63, 3.8) is 0 Å². The highest BCUT2D eigenvalue weighted by Crippen LogP contribution is 2.26. The summed E-state index contributed by atoms with van der Waals surface area (Å²) in [5.41, 5.74) is 0.629. The summed E-state index contributed by atoms with van der Waals surface area (Å²) in [7, 11) is 2.03. The first-order chi connectivity index (χ1) is 6.79. The molecule has 3 N–H and O–H groups in total. The van der Waals surface area contributed by atoms with Gasteiger partial charge in [-0.2, -0.15) is 5.10 Å². The van der Waals surface area contributed by atoms with E-state index in [4.69, 9.17) is 0 Å². The van der Waals surface area contributed by atoms with Gasteiger partial charge in [0.25, 0.3) is 0 Å². The Morgan fingerprint density at radius 3 is 3.14 bits per heavy atom. The molecule has 78 valence electrons. The summed E-state index contributed by atoms with van der Waals surface area (Å²) in [5.74, 6) is 0. The molecule has 1 aliphatic heterocycles. The molecule has 2 rings (SSSR count). The molecule has 0 saturated carbocycles. The first-order valence-corrected chi connectivity index (χ1v) is 4.82. The highest BCUT2D eigenvalue weighted by atomic mass is 16.3. The van der Waals surface area contributed by atoms with Gasteiger partial charge in [-0.15, -0.1) is 0 Å². The van der Waals surface area contributed by atoms with Crippen LogP contribution in [0.1, 0.15) is 5.69 Å². The molecule has 0 bridgehead atoms. The summed E-state index contributed by atoms with van der Waals surface area (Å²) in [5, 5.41) is 19.7. The number of H-pyrrole nitrogens is 1. The van der Waals surface area contributed by atoms with E-state index < -0.39 is 0 Å². The van der Waals surface area contributed by atoms with E-state index in [9.17, 15) is 5.11 Å². The monoisotopic (exact) mass is 196 g/mol. The van der Waals surface area contributed by atoms with Gasteiger partial charge in [-0.3, -0.25) is 10.00 Å². The van der Waals surface area contributed by atoms with Crippen molar-refractivity contribution in [2.24, 2.45) is 0 Å². The third-order valence-electron chi connectivity index (χ3n) is 3.04. The zero-order chi connectivity index (χ0) is 10.0. The van der Waals surface area contributed by atoms with Gasteiger partial charge in [-0.25, -0.2) is 0 Å². The lowest BCUT2D eigenvalue weighted by atomic mass is 9.92. The zero-order valence-electron chi connectivity index (χ0n) is 8.32. The molecule has 0 radical (unpaired) electrons. The maximum Gasteiger partial charge on any atom is 0.0985 e. The van der Waals surface area contributed by atoms with Crippen LogP contribution >= 0.6 is 0 Å². The van der Waals surface area contributed by atoms with Crippen molar-refractivity contribution in [1.82, 2.24) is 20.4 Å². The van der Waals surface area contributed by atoms with Crippen molar-refractivity contribution in [2.75, 3.05) is 33.3 Å². The van der Waals surface area contributed by atoms with E-state index in [1.807, 2.05) is 13.1 Å². The van der Waals surface area contributed by atoms with Gasteiger partial charge in [-0.05, 0) is 13.1 Å².